The molecule has 0 atom stereocenters. The van der Waals surface area contributed by atoms with Crippen LogP contribution in [0, 0.1) is 6.92 Å². The van der Waals surface area contributed by atoms with Gasteiger partial charge in [0.2, 0.25) is 0 Å². The highest BCUT2D eigenvalue weighted by atomic mass is 16.4. The van der Waals surface area contributed by atoms with E-state index in [9.17, 15) is 4.79 Å². The van der Waals surface area contributed by atoms with E-state index in [1.807, 2.05) is 13.0 Å². The molecule has 0 spiro atoms. The molecule has 0 aromatic carbocycles. The van der Waals surface area contributed by atoms with Crippen LogP contribution in [0.5, 0.6) is 0 Å². The third-order valence-electron chi connectivity index (χ3n) is 3.23. The monoisotopic (exact) mass is 258 g/mol. The van der Waals surface area contributed by atoms with E-state index < -0.39 is 5.97 Å². The molecule has 0 bridgehead atoms. The van der Waals surface area contributed by atoms with E-state index in [4.69, 9.17) is 5.11 Å². The van der Waals surface area contributed by atoms with E-state index in [1.165, 1.54) is 5.57 Å². The largest absolute Gasteiger partial charge is 0.478 e. The number of hydrogen-bond donors (Lipinski definition) is 1. The number of carboxylic acid groups (broad SMARTS) is 1. The minimum atomic E-state index is -0.946. The zero-order valence-corrected chi connectivity index (χ0v) is 11.3. The van der Waals surface area contributed by atoms with Crippen molar-refractivity contribution in [1.29, 1.82) is 0 Å². The first-order chi connectivity index (χ1) is 9.06. The topological polar surface area (TPSA) is 53.4 Å². The summed E-state index contributed by atoms with van der Waals surface area (Å²) in [5, 5.41) is 8.61. The summed E-state index contributed by atoms with van der Waals surface area (Å²) in [7, 11) is 0. The Morgan fingerprint density at radius 3 is 2.84 bits per heavy atom. The van der Waals surface area contributed by atoms with Crippen molar-refractivity contribution in [1.82, 2.24) is 4.98 Å². The van der Waals surface area contributed by atoms with Crippen LogP contribution < -0.4 is 4.90 Å². The summed E-state index contributed by atoms with van der Waals surface area (Å²) in [6.45, 7) is 6.04. The third-order valence-corrected chi connectivity index (χ3v) is 3.23. The van der Waals surface area contributed by atoms with Gasteiger partial charge < -0.3 is 10.0 Å². The van der Waals surface area contributed by atoms with Crippen LogP contribution in [0.15, 0.2) is 30.0 Å². The molecule has 100 valence electrons. The van der Waals surface area contributed by atoms with Crippen molar-refractivity contribution in [2.24, 2.45) is 0 Å². The molecule has 0 aliphatic carbocycles. The molecule has 0 unspecified atom stereocenters. The van der Waals surface area contributed by atoms with Gasteiger partial charge in [-0.2, -0.15) is 0 Å². The molecule has 0 amide bonds. The second kappa shape index (κ2) is 5.69. The predicted molar refractivity (Wildman–Crippen MR) is 76.2 cm³/mol. The van der Waals surface area contributed by atoms with E-state index in [0.29, 0.717) is 0 Å². The summed E-state index contributed by atoms with van der Waals surface area (Å²) in [5.74, 6) is 0.0367. The Morgan fingerprint density at radius 2 is 2.26 bits per heavy atom. The Kier molecular flexibility index (Phi) is 4.00. The van der Waals surface area contributed by atoms with Gasteiger partial charge >= 0.3 is 5.97 Å². The lowest BCUT2D eigenvalue weighted by Crippen LogP contribution is -2.29. The predicted octanol–water partition coefficient (Wildman–Crippen LogP) is 2.64. The number of anilines is 1. The van der Waals surface area contributed by atoms with Crippen molar-refractivity contribution in [3.8, 4) is 0 Å². The van der Waals surface area contributed by atoms with E-state index >= 15 is 0 Å². The smallest absolute Gasteiger partial charge is 0.328 e. The van der Waals surface area contributed by atoms with Gasteiger partial charge in [-0.05, 0) is 43.5 Å². The molecule has 0 fully saturated rings. The summed E-state index contributed by atoms with van der Waals surface area (Å²) < 4.78 is 0. The molecule has 0 saturated heterocycles. The molecule has 2 heterocycles. The van der Waals surface area contributed by atoms with Crippen molar-refractivity contribution >= 4 is 17.9 Å². The molecule has 4 heteroatoms. The van der Waals surface area contributed by atoms with Crippen LogP contribution in [-0.2, 0) is 4.79 Å². The highest BCUT2D eigenvalue weighted by Crippen LogP contribution is 2.22. The Balaban J connectivity index is 2.18. The molecule has 1 aliphatic heterocycles. The minimum Gasteiger partial charge on any atom is -0.478 e. The molecule has 2 rings (SSSR count). The molecule has 1 aromatic rings. The highest BCUT2D eigenvalue weighted by Gasteiger charge is 2.13. The van der Waals surface area contributed by atoms with Gasteiger partial charge in [-0.3, -0.25) is 0 Å². The maximum absolute atomic E-state index is 10.5. The number of carbonyl (C=O) groups is 1. The second-order valence-corrected chi connectivity index (χ2v) is 4.83. The maximum atomic E-state index is 10.5. The standard InChI is InChI=1S/C15H18N2O2/c1-11-5-7-17(8-6-11)15-12(2)9-13(10-16-15)3-4-14(18)19/h3-5,9-10H,6-8H2,1-2H3,(H,18,19)/b4-3+. The van der Waals surface area contributed by atoms with Gasteiger partial charge in [-0.1, -0.05) is 11.6 Å². The second-order valence-electron chi connectivity index (χ2n) is 4.83. The lowest BCUT2D eigenvalue weighted by Gasteiger charge is -2.27. The fourth-order valence-electron chi connectivity index (χ4n) is 2.14. The van der Waals surface area contributed by atoms with Gasteiger partial charge in [0.05, 0.1) is 0 Å². The summed E-state index contributed by atoms with van der Waals surface area (Å²) in [6.07, 6.45) is 7.70. The molecule has 19 heavy (non-hydrogen) atoms. The van der Waals surface area contributed by atoms with Gasteiger partial charge in [0, 0.05) is 25.4 Å². The number of rotatable bonds is 3. The minimum absolute atomic E-state index is 0.812. The van der Waals surface area contributed by atoms with Crippen LogP contribution >= 0.6 is 0 Å². The number of carboxylic acids is 1. The third kappa shape index (κ3) is 3.44. The van der Waals surface area contributed by atoms with Crippen molar-refractivity contribution in [3.63, 3.8) is 0 Å². The fraction of sp³-hybridized carbons (Fsp3) is 0.333. The Hall–Kier alpha value is -2.10. The van der Waals surface area contributed by atoms with Crippen molar-refractivity contribution in [3.05, 3.63) is 41.1 Å². The van der Waals surface area contributed by atoms with E-state index in [0.717, 1.165) is 42.5 Å². The SMILES string of the molecule is CC1=CCN(c2ncc(/C=C/C(=O)O)cc2C)CC1. The van der Waals surface area contributed by atoms with Crippen molar-refractivity contribution < 1.29 is 9.90 Å². The molecular formula is C15H18N2O2. The molecular weight excluding hydrogens is 240 g/mol. The molecule has 1 aromatic heterocycles. The molecule has 0 saturated carbocycles. The van der Waals surface area contributed by atoms with Crippen LogP contribution in [0.3, 0.4) is 0 Å². The highest BCUT2D eigenvalue weighted by molar-refractivity contribution is 5.85. The lowest BCUT2D eigenvalue weighted by molar-refractivity contribution is -0.131. The lowest BCUT2D eigenvalue weighted by atomic mass is 10.1. The van der Waals surface area contributed by atoms with Crippen molar-refractivity contribution in [2.75, 3.05) is 18.0 Å². The molecule has 4 nitrogen and oxygen atoms in total. The van der Waals surface area contributed by atoms with Crippen molar-refractivity contribution in [2.45, 2.75) is 20.3 Å². The Labute approximate surface area is 113 Å². The average molecular weight is 258 g/mol. The molecule has 1 aliphatic rings. The first kappa shape index (κ1) is 13.3. The summed E-state index contributed by atoms with van der Waals surface area (Å²) in [4.78, 5) is 17.2. The van der Waals surface area contributed by atoms with Gasteiger partial charge in [0.15, 0.2) is 0 Å². The van der Waals surface area contributed by atoms with Crippen LogP contribution in [0.1, 0.15) is 24.5 Å². The first-order valence-electron chi connectivity index (χ1n) is 6.34. The fourth-order valence-corrected chi connectivity index (χ4v) is 2.14. The average Bonchev–Trinajstić information content (AvgIpc) is 2.38. The van der Waals surface area contributed by atoms with E-state index in [2.05, 4.69) is 22.9 Å². The molecule has 1 N–H and O–H groups in total. The van der Waals surface area contributed by atoms with Gasteiger partial charge in [0.25, 0.3) is 0 Å². The summed E-state index contributed by atoms with van der Waals surface area (Å²) in [6, 6.07) is 1.97. The number of nitrogens with zero attached hydrogens (tertiary/aromatic N) is 2. The van der Waals surface area contributed by atoms with Gasteiger partial charge in [0.1, 0.15) is 5.82 Å². The van der Waals surface area contributed by atoms with Gasteiger partial charge in [-0.25, -0.2) is 9.78 Å². The number of hydrogen-bond acceptors (Lipinski definition) is 3. The van der Waals surface area contributed by atoms with Crippen LogP contribution in [-0.4, -0.2) is 29.1 Å². The summed E-state index contributed by atoms with van der Waals surface area (Å²) in [5.41, 5.74) is 3.31. The van der Waals surface area contributed by atoms with Crippen LogP contribution in [0.2, 0.25) is 0 Å². The number of aliphatic carboxylic acids is 1. The number of aryl methyl sites for hydroxylation is 1. The molecule has 0 radical (unpaired) electrons. The first-order valence-corrected chi connectivity index (χ1v) is 6.34. The van der Waals surface area contributed by atoms with Crippen LogP contribution in [0.25, 0.3) is 6.08 Å². The number of pyridine rings is 1. The Morgan fingerprint density at radius 1 is 1.47 bits per heavy atom. The summed E-state index contributed by atoms with van der Waals surface area (Å²) >= 11 is 0. The zero-order valence-electron chi connectivity index (χ0n) is 11.3. The van der Waals surface area contributed by atoms with E-state index in [-0.39, 0.29) is 0 Å². The maximum Gasteiger partial charge on any atom is 0.328 e. The Bertz CT molecular complexity index is 547. The number of aromatic nitrogens is 1. The van der Waals surface area contributed by atoms with E-state index in [1.54, 1.807) is 12.3 Å². The normalized spacial score (nSPS) is 15.7. The van der Waals surface area contributed by atoms with Gasteiger partial charge in [-0.15, -0.1) is 0 Å². The van der Waals surface area contributed by atoms with Crippen LogP contribution in [0.4, 0.5) is 5.82 Å². The quantitative estimate of drug-likeness (QED) is 0.669. The zero-order chi connectivity index (χ0) is 13.8.